The molecule has 2 rings (SSSR count). The van der Waals surface area contributed by atoms with Crippen LogP contribution in [0, 0.1) is 0 Å². The quantitative estimate of drug-likeness (QED) is 0.854. The van der Waals surface area contributed by atoms with E-state index in [0.29, 0.717) is 12.1 Å². The van der Waals surface area contributed by atoms with Gasteiger partial charge in [-0.2, -0.15) is 0 Å². The van der Waals surface area contributed by atoms with E-state index in [1.807, 2.05) is 14.1 Å². The first-order chi connectivity index (χ1) is 7.86. The van der Waals surface area contributed by atoms with Gasteiger partial charge in [0.05, 0.1) is 12.1 Å². The maximum atomic E-state index is 3.40. The van der Waals surface area contributed by atoms with Crippen LogP contribution >= 0.6 is 22.7 Å². The molecule has 2 aromatic rings. The second-order valence-corrected chi connectivity index (χ2v) is 5.52. The highest BCUT2D eigenvalue weighted by atomic mass is 32.1. The molecule has 0 aliphatic carbocycles. The maximum absolute atomic E-state index is 3.40. The van der Waals surface area contributed by atoms with E-state index in [0.717, 1.165) is 0 Å². The summed E-state index contributed by atoms with van der Waals surface area (Å²) < 4.78 is 0. The van der Waals surface area contributed by atoms with Crippen molar-refractivity contribution in [2.45, 2.75) is 12.1 Å². The zero-order valence-electron chi connectivity index (χ0n) is 9.44. The number of thiophene rings is 2. The van der Waals surface area contributed by atoms with E-state index in [1.54, 1.807) is 22.7 Å². The van der Waals surface area contributed by atoms with E-state index in [4.69, 9.17) is 0 Å². The fourth-order valence-electron chi connectivity index (χ4n) is 1.88. The predicted octanol–water partition coefficient (Wildman–Crippen LogP) is 3.03. The molecule has 2 aromatic heterocycles. The van der Waals surface area contributed by atoms with E-state index in [-0.39, 0.29) is 0 Å². The second-order valence-electron chi connectivity index (χ2n) is 3.56. The Labute approximate surface area is 104 Å². The Morgan fingerprint density at radius 3 is 1.56 bits per heavy atom. The molecule has 0 amide bonds. The third-order valence-electron chi connectivity index (χ3n) is 2.65. The summed E-state index contributed by atoms with van der Waals surface area (Å²) in [6.45, 7) is 0. The molecule has 2 nitrogen and oxygen atoms in total. The molecule has 0 aliphatic rings. The van der Waals surface area contributed by atoms with Crippen molar-refractivity contribution in [3.8, 4) is 0 Å². The van der Waals surface area contributed by atoms with Crippen LogP contribution in [0.5, 0.6) is 0 Å². The molecule has 2 heterocycles. The van der Waals surface area contributed by atoms with Gasteiger partial charge in [-0.05, 0) is 37.0 Å². The summed E-state index contributed by atoms with van der Waals surface area (Å²) in [6, 6.07) is 9.25. The molecule has 0 bridgehead atoms. The lowest BCUT2D eigenvalue weighted by molar-refractivity contribution is 0.444. The van der Waals surface area contributed by atoms with Crippen LogP contribution in [0.3, 0.4) is 0 Å². The molecule has 86 valence electrons. The summed E-state index contributed by atoms with van der Waals surface area (Å²) >= 11 is 3.60. The topological polar surface area (TPSA) is 24.1 Å². The minimum atomic E-state index is 0.337. The van der Waals surface area contributed by atoms with Gasteiger partial charge in [-0.1, -0.05) is 12.1 Å². The van der Waals surface area contributed by atoms with Crippen molar-refractivity contribution < 1.29 is 0 Å². The third kappa shape index (κ3) is 2.35. The van der Waals surface area contributed by atoms with E-state index < -0.39 is 0 Å². The minimum absolute atomic E-state index is 0.337. The summed E-state index contributed by atoms with van der Waals surface area (Å²) in [7, 11) is 4.03. The standard InChI is InChI=1S/C12H16N2S2/c1-13-11(9-5-3-7-15-9)12(14-2)10-6-4-8-16-10/h3-8,11-14H,1-2H3/t11-,12-/m1/s1. The molecule has 0 saturated carbocycles. The summed E-state index contributed by atoms with van der Waals surface area (Å²) in [5.74, 6) is 0. The van der Waals surface area contributed by atoms with E-state index in [1.165, 1.54) is 9.75 Å². The number of hydrogen-bond donors (Lipinski definition) is 2. The van der Waals surface area contributed by atoms with Crippen LogP contribution < -0.4 is 10.6 Å². The van der Waals surface area contributed by atoms with Gasteiger partial charge in [0.2, 0.25) is 0 Å². The van der Waals surface area contributed by atoms with Gasteiger partial charge in [0.15, 0.2) is 0 Å². The lowest BCUT2D eigenvalue weighted by Crippen LogP contribution is -2.30. The largest absolute Gasteiger partial charge is 0.311 e. The third-order valence-corrected chi connectivity index (χ3v) is 4.57. The smallest absolute Gasteiger partial charge is 0.0618 e. The average molecular weight is 252 g/mol. The Bertz CT molecular complexity index is 354. The van der Waals surface area contributed by atoms with Gasteiger partial charge in [0.25, 0.3) is 0 Å². The average Bonchev–Trinajstić information content (AvgIpc) is 2.97. The van der Waals surface area contributed by atoms with Gasteiger partial charge in [-0.3, -0.25) is 0 Å². The number of rotatable bonds is 5. The molecule has 0 aromatic carbocycles. The van der Waals surface area contributed by atoms with Gasteiger partial charge < -0.3 is 10.6 Å². The van der Waals surface area contributed by atoms with Crippen molar-refractivity contribution in [2.24, 2.45) is 0 Å². The second kappa shape index (κ2) is 5.59. The van der Waals surface area contributed by atoms with Crippen molar-refractivity contribution >= 4 is 22.7 Å². The summed E-state index contributed by atoms with van der Waals surface area (Å²) in [5.41, 5.74) is 0. The first-order valence-electron chi connectivity index (χ1n) is 5.28. The molecule has 0 spiro atoms. The highest BCUT2D eigenvalue weighted by Gasteiger charge is 2.23. The van der Waals surface area contributed by atoms with Crippen LogP contribution in [-0.2, 0) is 0 Å². The normalized spacial score (nSPS) is 14.9. The lowest BCUT2D eigenvalue weighted by atomic mass is 10.1. The lowest BCUT2D eigenvalue weighted by Gasteiger charge is -2.24. The van der Waals surface area contributed by atoms with E-state index in [9.17, 15) is 0 Å². The van der Waals surface area contributed by atoms with Crippen LogP contribution in [0.4, 0.5) is 0 Å². The zero-order chi connectivity index (χ0) is 11.4. The first-order valence-corrected chi connectivity index (χ1v) is 7.04. The number of hydrogen-bond acceptors (Lipinski definition) is 4. The Kier molecular flexibility index (Phi) is 4.12. The minimum Gasteiger partial charge on any atom is -0.311 e. The van der Waals surface area contributed by atoms with Gasteiger partial charge in [-0.25, -0.2) is 0 Å². The molecule has 2 atom stereocenters. The van der Waals surface area contributed by atoms with Crippen molar-refractivity contribution in [3.05, 3.63) is 44.8 Å². The molecule has 0 fully saturated rings. The number of likely N-dealkylation sites (N-methyl/N-ethyl adjacent to an activating group) is 2. The van der Waals surface area contributed by atoms with Crippen molar-refractivity contribution in [1.82, 2.24) is 10.6 Å². The number of nitrogens with one attached hydrogen (secondary N) is 2. The molecular weight excluding hydrogens is 236 g/mol. The van der Waals surface area contributed by atoms with Gasteiger partial charge in [-0.15, -0.1) is 22.7 Å². The monoisotopic (exact) mass is 252 g/mol. The summed E-state index contributed by atoms with van der Waals surface area (Å²) in [4.78, 5) is 2.74. The predicted molar refractivity (Wildman–Crippen MR) is 72.2 cm³/mol. The molecule has 0 unspecified atom stereocenters. The molecule has 0 aliphatic heterocycles. The van der Waals surface area contributed by atoms with Crippen LogP contribution in [0.2, 0.25) is 0 Å². The van der Waals surface area contributed by atoms with E-state index >= 15 is 0 Å². The van der Waals surface area contributed by atoms with Crippen molar-refractivity contribution in [3.63, 3.8) is 0 Å². The molecular formula is C12H16N2S2. The fourth-order valence-corrected chi connectivity index (χ4v) is 3.63. The van der Waals surface area contributed by atoms with Gasteiger partial charge in [0, 0.05) is 9.75 Å². The Hall–Kier alpha value is -0.680. The molecule has 0 saturated heterocycles. The fraction of sp³-hybridized carbons (Fsp3) is 0.333. The van der Waals surface area contributed by atoms with Gasteiger partial charge >= 0.3 is 0 Å². The highest BCUT2D eigenvalue weighted by molar-refractivity contribution is 7.10. The van der Waals surface area contributed by atoms with Crippen molar-refractivity contribution in [1.29, 1.82) is 0 Å². The van der Waals surface area contributed by atoms with Crippen LogP contribution in [0.1, 0.15) is 21.8 Å². The Morgan fingerprint density at radius 1 is 0.875 bits per heavy atom. The zero-order valence-corrected chi connectivity index (χ0v) is 11.1. The maximum Gasteiger partial charge on any atom is 0.0618 e. The molecule has 0 radical (unpaired) electrons. The van der Waals surface area contributed by atoms with Gasteiger partial charge in [0.1, 0.15) is 0 Å². The van der Waals surface area contributed by atoms with Crippen LogP contribution in [-0.4, -0.2) is 14.1 Å². The summed E-state index contributed by atoms with van der Waals surface area (Å²) in [6.07, 6.45) is 0. The molecule has 4 heteroatoms. The van der Waals surface area contributed by atoms with Crippen LogP contribution in [0.25, 0.3) is 0 Å². The summed E-state index contributed by atoms with van der Waals surface area (Å²) in [5, 5.41) is 11.0. The van der Waals surface area contributed by atoms with Crippen molar-refractivity contribution in [2.75, 3.05) is 14.1 Å². The Morgan fingerprint density at radius 2 is 1.31 bits per heavy atom. The highest BCUT2D eigenvalue weighted by Crippen LogP contribution is 2.32. The van der Waals surface area contributed by atoms with Crippen LogP contribution in [0.15, 0.2) is 35.0 Å². The van der Waals surface area contributed by atoms with E-state index in [2.05, 4.69) is 45.7 Å². The SMILES string of the molecule is CN[C@H](c1cccs1)[C@H](NC)c1cccs1. The first kappa shape index (κ1) is 11.8. The Balaban J connectivity index is 2.25. The molecule has 2 N–H and O–H groups in total. The molecule has 16 heavy (non-hydrogen) atoms.